The first kappa shape index (κ1) is 39.3. The number of carbonyl (C=O) groups excluding carboxylic acids is 3. The van der Waals surface area contributed by atoms with Gasteiger partial charge in [-0.3, -0.25) is 4.90 Å². The summed E-state index contributed by atoms with van der Waals surface area (Å²) in [6.07, 6.45) is -0.980. The summed E-state index contributed by atoms with van der Waals surface area (Å²) in [6, 6.07) is 19.4. The van der Waals surface area contributed by atoms with E-state index in [9.17, 15) is 14.4 Å². The first-order valence-corrected chi connectivity index (χ1v) is 16.2. The minimum Gasteiger partial charge on any atom is -0.445 e. The van der Waals surface area contributed by atoms with E-state index in [0.717, 1.165) is 18.2 Å². The van der Waals surface area contributed by atoms with Gasteiger partial charge in [0.15, 0.2) is 0 Å². The van der Waals surface area contributed by atoms with Crippen LogP contribution < -0.4 is 5.73 Å². The van der Waals surface area contributed by atoms with Crippen LogP contribution in [0.25, 0.3) is 0 Å². The predicted molar refractivity (Wildman–Crippen MR) is 182 cm³/mol. The summed E-state index contributed by atoms with van der Waals surface area (Å²) in [7, 11) is 1.00. The molecule has 0 aliphatic carbocycles. The fraction of sp³-hybridized carbons (Fsp3) is 0.583. The van der Waals surface area contributed by atoms with Gasteiger partial charge in [0.2, 0.25) is 0 Å². The molecule has 2 aliphatic rings. The van der Waals surface area contributed by atoms with Gasteiger partial charge < -0.3 is 34.9 Å². The summed E-state index contributed by atoms with van der Waals surface area (Å²) >= 11 is 0. The standard InChI is InChI=1S/C25H32N2O4.C10H20N2O2.CH4O/c1-19-15-26(23(28)31-25(2,3)4)17-22(19)27(16-20-11-7-5-8-12-20)24(29)30-18-21-13-9-6-10-14-21;1-7-5-12(6-8(7)11)9(13)14-10(2,3)4;1-2/h5-14,19,22H,15-18H2,1-4H3;7-8H,5-6,11H2,1-4H3;2H,1H3/t19-,22-;7-,8-;/m00./s1. The third-order valence-electron chi connectivity index (χ3n) is 7.58. The quantitative estimate of drug-likeness (QED) is 0.381. The van der Waals surface area contributed by atoms with Gasteiger partial charge >= 0.3 is 18.3 Å². The molecule has 11 nitrogen and oxygen atoms in total. The van der Waals surface area contributed by atoms with Crippen LogP contribution in [-0.4, -0.2) is 94.7 Å². The molecule has 2 heterocycles. The van der Waals surface area contributed by atoms with E-state index in [1.165, 1.54) is 0 Å². The van der Waals surface area contributed by atoms with E-state index in [2.05, 4.69) is 13.8 Å². The SMILES string of the molecule is CO.C[C@H]1CN(C(=O)OC(C)(C)C)C[C@@H]1N.C[C@H]1CN(C(=O)OC(C)(C)C)C[C@@H]1N(Cc1ccccc1)C(=O)OCc1ccccc1. The Morgan fingerprint density at radius 2 is 1.19 bits per heavy atom. The Labute approximate surface area is 280 Å². The molecule has 2 fully saturated rings. The third kappa shape index (κ3) is 13.4. The molecule has 0 unspecified atom stereocenters. The molecule has 2 aromatic rings. The molecule has 11 heteroatoms. The predicted octanol–water partition coefficient (Wildman–Crippen LogP) is 5.89. The van der Waals surface area contributed by atoms with Gasteiger partial charge in [-0.2, -0.15) is 0 Å². The molecular formula is C36H56N4O7. The van der Waals surface area contributed by atoms with Gasteiger partial charge in [0.05, 0.1) is 6.04 Å². The molecule has 47 heavy (non-hydrogen) atoms. The molecule has 0 aromatic heterocycles. The van der Waals surface area contributed by atoms with Gasteiger partial charge in [-0.15, -0.1) is 0 Å². The minimum atomic E-state index is -0.559. The number of hydrogen-bond acceptors (Lipinski definition) is 8. The Balaban J connectivity index is 0.000000401. The maximum Gasteiger partial charge on any atom is 0.410 e. The van der Waals surface area contributed by atoms with Gasteiger partial charge in [0, 0.05) is 45.9 Å². The molecule has 0 radical (unpaired) electrons. The maximum absolute atomic E-state index is 13.1. The van der Waals surface area contributed by atoms with Crippen molar-refractivity contribution in [2.45, 2.75) is 91.8 Å². The van der Waals surface area contributed by atoms with Crippen LogP contribution in [0, 0.1) is 11.8 Å². The van der Waals surface area contributed by atoms with Crippen molar-refractivity contribution >= 4 is 18.3 Å². The number of nitrogens with zero attached hydrogens (tertiary/aromatic N) is 3. The van der Waals surface area contributed by atoms with Crippen molar-refractivity contribution in [2.24, 2.45) is 17.6 Å². The van der Waals surface area contributed by atoms with Crippen molar-refractivity contribution in [2.75, 3.05) is 33.3 Å². The van der Waals surface area contributed by atoms with E-state index in [-0.39, 0.29) is 42.9 Å². The monoisotopic (exact) mass is 656 g/mol. The summed E-state index contributed by atoms with van der Waals surface area (Å²) in [4.78, 5) is 42.4. The number of rotatable bonds is 5. The lowest BCUT2D eigenvalue weighted by molar-refractivity contribution is 0.0267. The highest BCUT2D eigenvalue weighted by Gasteiger charge is 2.40. The van der Waals surface area contributed by atoms with Crippen molar-refractivity contribution in [1.82, 2.24) is 14.7 Å². The number of aliphatic hydroxyl groups is 1. The third-order valence-corrected chi connectivity index (χ3v) is 7.58. The molecular weight excluding hydrogens is 600 g/mol. The summed E-state index contributed by atoms with van der Waals surface area (Å²) in [5, 5.41) is 7.00. The molecule has 2 saturated heterocycles. The van der Waals surface area contributed by atoms with E-state index in [1.54, 1.807) is 14.7 Å². The number of amides is 3. The fourth-order valence-corrected chi connectivity index (χ4v) is 5.20. The lowest BCUT2D eigenvalue weighted by atomic mass is 10.0. The molecule has 262 valence electrons. The average Bonchev–Trinajstić information content (AvgIpc) is 3.56. The molecule has 4 atom stereocenters. The van der Waals surface area contributed by atoms with Crippen LogP contribution in [0.3, 0.4) is 0 Å². The summed E-state index contributed by atoms with van der Waals surface area (Å²) < 4.78 is 16.4. The fourth-order valence-electron chi connectivity index (χ4n) is 5.20. The smallest absolute Gasteiger partial charge is 0.410 e. The maximum atomic E-state index is 13.1. The first-order chi connectivity index (χ1) is 22.0. The number of aliphatic hydroxyl groups excluding tert-OH is 1. The Kier molecular flexibility index (Phi) is 15.0. The van der Waals surface area contributed by atoms with Crippen molar-refractivity contribution in [1.29, 1.82) is 0 Å². The Hall–Kier alpha value is -3.83. The topological polar surface area (TPSA) is 135 Å². The first-order valence-electron chi connectivity index (χ1n) is 16.2. The van der Waals surface area contributed by atoms with E-state index >= 15 is 0 Å². The second-order valence-corrected chi connectivity index (χ2v) is 14.1. The number of carbonyl (C=O) groups is 3. The molecule has 4 rings (SSSR count). The zero-order chi connectivity index (χ0) is 35.4. The normalized spacial score (nSPS) is 20.7. The average molecular weight is 657 g/mol. The number of nitrogens with two attached hydrogens (primary N) is 1. The van der Waals surface area contributed by atoms with Gasteiger partial charge in [0.1, 0.15) is 17.8 Å². The van der Waals surface area contributed by atoms with Crippen molar-refractivity contribution in [3.63, 3.8) is 0 Å². The molecule has 3 amide bonds. The van der Waals surface area contributed by atoms with Crippen LogP contribution in [-0.2, 0) is 27.4 Å². The van der Waals surface area contributed by atoms with Crippen LogP contribution in [0.4, 0.5) is 14.4 Å². The van der Waals surface area contributed by atoms with Gasteiger partial charge in [-0.1, -0.05) is 74.5 Å². The number of benzene rings is 2. The largest absolute Gasteiger partial charge is 0.445 e. The van der Waals surface area contributed by atoms with E-state index in [0.29, 0.717) is 38.6 Å². The van der Waals surface area contributed by atoms with E-state index in [4.69, 9.17) is 25.1 Å². The molecule has 3 N–H and O–H groups in total. The molecule has 2 aromatic carbocycles. The summed E-state index contributed by atoms with van der Waals surface area (Å²) in [5.74, 6) is 0.461. The van der Waals surface area contributed by atoms with E-state index in [1.807, 2.05) is 102 Å². The number of likely N-dealkylation sites (tertiary alicyclic amines) is 2. The van der Waals surface area contributed by atoms with Gasteiger partial charge in [0.25, 0.3) is 0 Å². The van der Waals surface area contributed by atoms with Crippen LogP contribution in [0.15, 0.2) is 60.7 Å². The highest BCUT2D eigenvalue weighted by atomic mass is 16.6. The van der Waals surface area contributed by atoms with Crippen LogP contribution >= 0.6 is 0 Å². The van der Waals surface area contributed by atoms with E-state index < -0.39 is 11.2 Å². The Morgan fingerprint density at radius 3 is 1.64 bits per heavy atom. The zero-order valence-electron chi connectivity index (χ0n) is 29.6. The lowest BCUT2D eigenvalue weighted by Crippen LogP contribution is -2.45. The Morgan fingerprint density at radius 1 is 0.745 bits per heavy atom. The van der Waals surface area contributed by atoms with Crippen molar-refractivity contribution in [3.8, 4) is 0 Å². The van der Waals surface area contributed by atoms with Crippen LogP contribution in [0.5, 0.6) is 0 Å². The van der Waals surface area contributed by atoms with Crippen LogP contribution in [0.2, 0.25) is 0 Å². The zero-order valence-corrected chi connectivity index (χ0v) is 29.6. The second kappa shape index (κ2) is 17.9. The summed E-state index contributed by atoms with van der Waals surface area (Å²) in [6.45, 7) is 18.2. The van der Waals surface area contributed by atoms with Gasteiger partial charge in [-0.25, -0.2) is 14.4 Å². The van der Waals surface area contributed by atoms with Gasteiger partial charge in [-0.05, 0) is 64.5 Å². The lowest BCUT2D eigenvalue weighted by Gasteiger charge is -2.31. The van der Waals surface area contributed by atoms with Crippen molar-refractivity contribution in [3.05, 3.63) is 71.8 Å². The highest BCUT2D eigenvalue weighted by molar-refractivity contribution is 5.71. The molecule has 0 spiro atoms. The summed E-state index contributed by atoms with van der Waals surface area (Å²) in [5.41, 5.74) is 6.79. The number of hydrogen-bond donors (Lipinski definition) is 2. The molecule has 0 saturated carbocycles. The van der Waals surface area contributed by atoms with Crippen molar-refractivity contribution < 1.29 is 33.7 Å². The van der Waals surface area contributed by atoms with Crippen LogP contribution in [0.1, 0.15) is 66.5 Å². The Bertz CT molecular complexity index is 1240. The molecule has 0 bridgehead atoms. The molecule has 2 aliphatic heterocycles. The second-order valence-electron chi connectivity index (χ2n) is 14.1. The number of ether oxygens (including phenoxy) is 3. The highest BCUT2D eigenvalue weighted by Crippen LogP contribution is 2.26. The minimum absolute atomic E-state index is 0.0857.